The zero-order valence-corrected chi connectivity index (χ0v) is 29.7. The first-order chi connectivity index (χ1) is 22.4. The van der Waals surface area contributed by atoms with Crippen molar-refractivity contribution in [3.63, 3.8) is 0 Å². The molecular weight excluding hydrogens is 576 g/mol. The number of hydrogen-bond acceptors (Lipinski definition) is 5. The van der Waals surface area contributed by atoms with Crippen LogP contribution >= 0.6 is 0 Å². The van der Waals surface area contributed by atoms with E-state index in [4.69, 9.17) is 10.5 Å². The molecule has 0 aliphatic rings. The number of allylic oxidation sites excluding steroid dienone is 6. The second-order valence-electron chi connectivity index (χ2n) is 12.6. The van der Waals surface area contributed by atoms with E-state index in [1.807, 2.05) is 0 Å². The van der Waals surface area contributed by atoms with Crippen LogP contribution in [0.2, 0.25) is 0 Å². The maximum absolute atomic E-state index is 12.6. The summed E-state index contributed by atoms with van der Waals surface area (Å²) in [5.74, 6) is -1.29. The van der Waals surface area contributed by atoms with Crippen molar-refractivity contribution in [1.82, 2.24) is 5.32 Å². The molecule has 7 heteroatoms. The first kappa shape index (κ1) is 43.6. The predicted molar refractivity (Wildman–Crippen MR) is 193 cm³/mol. The van der Waals surface area contributed by atoms with Crippen LogP contribution in [0.4, 0.5) is 0 Å². The minimum Gasteiger partial charge on any atom is -0.480 e. The molecule has 0 heterocycles. The monoisotopic (exact) mass is 647 g/mol. The number of nitrogens with one attached hydrogen (secondary N) is 1. The second-order valence-corrected chi connectivity index (χ2v) is 12.6. The zero-order chi connectivity index (χ0) is 33.9. The van der Waals surface area contributed by atoms with Crippen molar-refractivity contribution in [1.29, 1.82) is 0 Å². The molecule has 2 unspecified atom stereocenters. The number of carboxylic acids is 1. The summed E-state index contributed by atoms with van der Waals surface area (Å²) in [7, 11) is 0. The molecule has 0 aliphatic heterocycles. The fourth-order valence-corrected chi connectivity index (χ4v) is 5.40. The lowest BCUT2D eigenvalue weighted by Gasteiger charge is -2.18. The number of carboxylic acid groups (broad SMARTS) is 1. The predicted octanol–water partition coefficient (Wildman–Crippen LogP) is 9.89. The molecule has 266 valence electrons. The fraction of sp³-hybridized carbons (Fsp3) is 0.769. The highest BCUT2D eigenvalue weighted by Crippen LogP contribution is 2.18. The van der Waals surface area contributed by atoms with Gasteiger partial charge in [0.2, 0.25) is 5.91 Å². The molecule has 0 bridgehead atoms. The van der Waals surface area contributed by atoms with Crippen molar-refractivity contribution in [2.45, 2.75) is 187 Å². The van der Waals surface area contributed by atoms with Crippen molar-refractivity contribution in [3.8, 4) is 0 Å². The maximum atomic E-state index is 12.6. The summed E-state index contributed by atoms with van der Waals surface area (Å²) in [5, 5.41) is 11.9. The normalized spacial score (nSPS) is 13.1. The van der Waals surface area contributed by atoms with E-state index in [1.165, 1.54) is 51.4 Å². The van der Waals surface area contributed by atoms with E-state index in [-0.39, 0.29) is 18.0 Å². The number of esters is 1. The number of carbonyl (C=O) groups excluding carboxylic acids is 2. The average Bonchev–Trinajstić information content (AvgIpc) is 3.04. The Kier molecular flexibility index (Phi) is 32.2. The van der Waals surface area contributed by atoms with Gasteiger partial charge in [0.05, 0.1) is 0 Å². The molecule has 4 N–H and O–H groups in total. The van der Waals surface area contributed by atoms with Crippen molar-refractivity contribution < 1.29 is 24.2 Å². The van der Waals surface area contributed by atoms with Crippen LogP contribution in [0.25, 0.3) is 0 Å². The number of carbonyl (C=O) groups is 3. The van der Waals surface area contributed by atoms with Crippen LogP contribution in [-0.2, 0) is 19.1 Å². The van der Waals surface area contributed by atoms with E-state index < -0.39 is 12.0 Å². The van der Waals surface area contributed by atoms with Crippen LogP contribution in [0.15, 0.2) is 36.5 Å². The van der Waals surface area contributed by atoms with Gasteiger partial charge in [-0.25, -0.2) is 4.79 Å². The van der Waals surface area contributed by atoms with Gasteiger partial charge < -0.3 is 20.9 Å². The number of aliphatic carboxylic acids is 1. The minimum atomic E-state index is -1.01. The smallest absolute Gasteiger partial charge is 0.326 e. The number of nitrogens with two attached hydrogens (primary N) is 1. The van der Waals surface area contributed by atoms with Crippen LogP contribution in [-0.4, -0.2) is 41.6 Å². The molecular formula is C39H70N2O5. The summed E-state index contributed by atoms with van der Waals surface area (Å²) in [6.45, 7) is 4.77. The van der Waals surface area contributed by atoms with Crippen LogP contribution < -0.4 is 11.1 Å². The van der Waals surface area contributed by atoms with Crippen LogP contribution in [0.3, 0.4) is 0 Å². The SMILES string of the molecule is CC/C=C\C/C=C\C/C=C\CCCCCCCCCC(=O)OC(CCCCCC)CCCCCCC(=O)NC(CCCN)C(=O)O. The van der Waals surface area contributed by atoms with E-state index in [0.29, 0.717) is 32.2 Å². The van der Waals surface area contributed by atoms with Gasteiger partial charge in [-0.3, -0.25) is 9.59 Å². The van der Waals surface area contributed by atoms with Crippen LogP contribution in [0.1, 0.15) is 174 Å². The Labute approximate surface area is 282 Å². The first-order valence-electron chi connectivity index (χ1n) is 18.8. The third-order valence-electron chi connectivity index (χ3n) is 8.22. The topological polar surface area (TPSA) is 119 Å². The molecule has 0 radical (unpaired) electrons. The second kappa shape index (κ2) is 33.9. The molecule has 0 aromatic rings. The van der Waals surface area contributed by atoms with Crippen molar-refractivity contribution >= 4 is 17.8 Å². The lowest BCUT2D eigenvalue weighted by molar-refractivity contribution is -0.150. The molecule has 0 aliphatic carbocycles. The van der Waals surface area contributed by atoms with Gasteiger partial charge >= 0.3 is 11.9 Å². The molecule has 7 nitrogen and oxygen atoms in total. The first-order valence-corrected chi connectivity index (χ1v) is 18.8. The molecule has 0 saturated heterocycles. The Bertz CT molecular complexity index is 823. The van der Waals surface area contributed by atoms with Gasteiger partial charge in [0.25, 0.3) is 0 Å². The summed E-state index contributed by atoms with van der Waals surface area (Å²) >= 11 is 0. The van der Waals surface area contributed by atoms with Crippen LogP contribution in [0, 0.1) is 0 Å². The summed E-state index contributed by atoms with van der Waals surface area (Å²) < 4.78 is 5.92. The Balaban J connectivity index is 4.04. The van der Waals surface area contributed by atoms with Gasteiger partial charge in [0.1, 0.15) is 12.1 Å². The molecule has 0 saturated carbocycles. The third kappa shape index (κ3) is 30.3. The van der Waals surface area contributed by atoms with Crippen molar-refractivity contribution in [3.05, 3.63) is 36.5 Å². The quantitative estimate of drug-likeness (QED) is 0.0371. The van der Waals surface area contributed by atoms with Gasteiger partial charge in [0, 0.05) is 12.8 Å². The number of hydrogen-bond donors (Lipinski definition) is 3. The molecule has 46 heavy (non-hydrogen) atoms. The van der Waals surface area contributed by atoms with Gasteiger partial charge in [-0.05, 0) is 90.0 Å². The molecule has 0 fully saturated rings. The van der Waals surface area contributed by atoms with Gasteiger partial charge in [-0.1, -0.05) is 115 Å². The Morgan fingerprint density at radius 1 is 0.652 bits per heavy atom. The largest absolute Gasteiger partial charge is 0.480 e. The highest BCUT2D eigenvalue weighted by atomic mass is 16.5. The van der Waals surface area contributed by atoms with Gasteiger partial charge in [-0.2, -0.15) is 0 Å². The minimum absolute atomic E-state index is 0.0143. The summed E-state index contributed by atoms with van der Waals surface area (Å²) in [5.41, 5.74) is 5.46. The van der Waals surface area contributed by atoms with E-state index in [2.05, 4.69) is 55.6 Å². The number of unbranched alkanes of at least 4 members (excludes halogenated alkanes) is 13. The Morgan fingerprint density at radius 2 is 1.20 bits per heavy atom. The molecule has 0 aromatic carbocycles. The molecule has 2 atom stereocenters. The zero-order valence-electron chi connectivity index (χ0n) is 29.7. The number of rotatable bonds is 33. The third-order valence-corrected chi connectivity index (χ3v) is 8.22. The standard InChI is InChI=1S/C39H70N2O5/c1-3-5-7-9-10-11-12-13-14-15-16-17-18-19-20-21-27-33-38(43)46-35(29-24-8-6-4-2)30-25-22-23-26-32-37(42)41-36(39(44)45)31-28-34-40/h5,7,10-11,13-14,35-36H,3-4,6,8-9,12,15-34,40H2,1-2H3,(H,41,42)(H,44,45)/b7-5-,11-10-,14-13-. The maximum Gasteiger partial charge on any atom is 0.326 e. The Morgan fingerprint density at radius 3 is 1.80 bits per heavy atom. The van der Waals surface area contributed by atoms with Gasteiger partial charge in [0.15, 0.2) is 0 Å². The van der Waals surface area contributed by atoms with E-state index >= 15 is 0 Å². The average molecular weight is 647 g/mol. The summed E-state index contributed by atoms with van der Waals surface area (Å²) in [6.07, 6.45) is 37.8. The number of ether oxygens (including phenoxy) is 1. The molecule has 0 spiro atoms. The van der Waals surface area contributed by atoms with Crippen LogP contribution in [0.5, 0.6) is 0 Å². The number of amides is 1. The lowest BCUT2D eigenvalue weighted by atomic mass is 10.0. The summed E-state index contributed by atoms with van der Waals surface area (Å²) in [4.78, 5) is 36.0. The van der Waals surface area contributed by atoms with Crippen molar-refractivity contribution in [2.24, 2.45) is 5.73 Å². The highest BCUT2D eigenvalue weighted by Gasteiger charge is 2.19. The van der Waals surface area contributed by atoms with E-state index in [0.717, 1.165) is 83.5 Å². The molecule has 1 amide bonds. The van der Waals surface area contributed by atoms with Crippen molar-refractivity contribution in [2.75, 3.05) is 6.54 Å². The molecule has 0 rings (SSSR count). The van der Waals surface area contributed by atoms with Gasteiger partial charge in [-0.15, -0.1) is 0 Å². The molecule has 0 aromatic heterocycles. The fourth-order valence-electron chi connectivity index (χ4n) is 5.40. The summed E-state index contributed by atoms with van der Waals surface area (Å²) in [6, 6.07) is -0.863. The Hall–Kier alpha value is -2.41. The van der Waals surface area contributed by atoms with E-state index in [9.17, 15) is 19.5 Å². The lowest BCUT2D eigenvalue weighted by Crippen LogP contribution is -2.40. The van der Waals surface area contributed by atoms with E-state index in [1.54, 1.807) is 0 Å². The highest BCUT2D eigenvalue weighted by molar-refractivity contribution is 5.83.